The summed E-state index contributed by atoms with van der Waals surface area (Å²) in [5.41, 5.74) is 2.84. The minimum absolute atomic E-state index is 0.527. The highest BCUT2D eigenvalue weighted by Crippen LogP contribution is 2.29. The zero-order valence-corrected chi connectivity index (χ0v) is 13.4. The second-order valence-electron chi connectivity index (χ2n) is 6.42. The average Bonchev–Trinajstić information content (AvgIpc) is 2.83. The molecule has 1 aliphatic heterocycles. The van der Waals surface area contributed by atoms with Gasteiger partial charge in [0.15, 0.2) is 0 Å². The molecule has 1 aromatic rings. The van der Waals surface area contributed by atoms with E-state index >= 15 is 0 Å². The van der Waals surface area contributed by atoms with E-state index in [1.165, 1.54) is 30.6 Å². The molecule has 1 aliphatic rings. The quantitative estimate of drug-likeness (QED) is 0.861. The summed E-state index contributed by atoms with van der Waals surface area (Å²) in [5, 5.41) is 3.54. The number of nitrogens with zero attached hydrogens (tertiary/aromatic N) is 2. The molecule has 0 saturated carbocycles. The summed E-state index contributed by atoms with van der Waals surface area (Å²) in [7, 11) is 4.34. The van der Waals surface area contributed by atoms with E-state index in [2.05, 4.69) is 67.3 Å². The Labute approximate surface area is 124 Å². The van der Waals surface area contributed by atoms with E-state index in [0.717, 1.165) is 13.1 Å². The maximum atomic E-state index is 3.54. The van der Waals surface area contributed by atoms with Gasteiger partial charge in [0, 0.05) is 37.4 Å². The molecule has 0 amide bonds. The Morgan fingerprint density at radius 1 is 1.30 bits per heavy atom. The Morgan fingerprint density at radius 3 is 2.75 bits per heavy atom. The molecule has 1 fully saturated rings. The van der Waals surface area contributed by atoms with E-state index in [4.69, 9.17) is 0 Å². The van der Waals surface area contributed by atoms with Gasteiger partial charge in [0.25, 0.3) is 0 Å². The van der Waals surface area contributed by atoms with Crippen LogP contribution in [-0.4, -0.2) is 44.2 Å². The average molecular weight is 275 g/mol. The van der Waals surface area contributed by atoms with Crippen molar-refractivity contribution in [3.05, 3.63) is 29.8 Å². The van der Waals surface area contributed by atoms with Crippen molar-refractivity contribution in [1.29, 1.82) is 0 Å². The van der Waals surface area contributed by atoms with Crippen LogP contribution < -0.4 is 10.2 Å². The SMILES string of the molecule is CC(C)NCc1ccccc1N1CCCC1CN(C)C. The van der Waals surface area contributed by atoms with Crippen molar-refractivity contribution in [2.75, 3.05) is 32.1 Å². The summed E-state index contributed by atoms with van der Waals surface area (Å²) >= 11 is 0. The van der Waals surface area contributed by atoms with Crippen LogP contribution in [0.1, 0.15) is 32.3 Å². The topological polar surface area (TPSA) is 18.5 Å². The maximum absolute atomic E-state index is 3.54. The number of anilines is 1. The van der Waals surface area contributed by atoms with Gasteiger partial charge in [-0.15, -0.1) is 0 Å². The lowest BCUT2D eigenvalue weighted by atomic mass is 10.1. The number of rotatable bonds is 6. The maximum Gasteiger partial charge on any atom is 0.0417 e. The predicted molar refractivity (Wildman–Crippen MR) is 87.3 cm³/mol. The van der Waals surface area contributed by atoms with Crippen LogP contribution >= 0.6 is 0 Å². The van der Waals surface area contributed by atoms with Crippen molar-refractivity contribution in [1.82, 2.24) is 10.2 Å². The smallest absolute Gasteiger partial charge is 0.0417 e. The number of hydrogen-bond donors (Lipinski definition) is 1. The van der Waals surface area contributed by atoms with E-state index in [1.807, 2.05) is 0 Å². The Balaban J connectivity index is 2.14. The molecule has 1 N–H and O–H groups in total. The number of hydrogen-bond acceptors (Lipinski definition) is 3. The summed E-state index contributed by atoms with van der Waals surface area (Å²) in [5.74, 6) is 0. The molecule has 20 heavy (non-hydrogen) atoms. The molecule has 1 atom stereocenters. The number of benzene rings is 1. The van der Waals surface area contributed by atoms with Crippen molar-refractivity contribution >= 4 is 5.69 Å². The van der Waals surface area contributed by atoms with Crippen molar-refractivity contribution < 1.29 is 0 Å². The van der Waals surface area contributed by atoms with E-state index in [1.54, 1.807) is 0 Å². The zero-order valence-electron chi connectivity index (χ0n) is 13.4. The van der Waals surface area contributed by atoms with Crippen molar-refractivity contribution in [2.24, 2.45) is 0 Å². The highest BCUT2D eigenvalue weighted by atomic mass is 15.2. The van der Waals surface area contributed by atoms with Gasteiger partial charge in [-0.1, -0.05) is 32.0 Å². The van der Waals surface area contributed by atoms with Gasteiger partial charge in [0.1, 0.15) is 0 Å². The third-order valence-electron chi connectivity index (χ3n) is 3.95. The van der Waals surface area contributed by atoms with Crippen LogP contribution in [0.5, 0.6) is 0 Å². The molecule has 1 unspecified atom stereocenters. The van der Waals surface area contributed by atoms with Crippen LogP contribution in [-0.2, 0) is 6.54 Å². The molecule has 0 aliphatic carbocycles. The predicted octanol–water partition coefficient (Wildman–Crippen LogP) is 2.72. The van der Waals surface area contributed by atoms with Crippen LogP contribution in [0.15, 0.2) is 24.3 Å². The van der Waals surface area contributed by atoms with E-state index in [9.17, 15) is 0 Å². The van der Waals surface area contributed by atoms with Crippen LogP contribution in [0.4, 0.5) is 5.69 Å². The monoisotopic (exact) mass is 275 g/mol. The summed E-state index contributed by atoms with van der Waals surface area (Å²) in [6.07, 6.45) is 2.62. The zero-order chi connectivity index (χ0) is 14.5. The molecule has 0 bridgehead atoms. The lowest BCUT2D eigenvalue weighted by Gasteiger charge is -2.31. The molecule has 0 radical (unpaired) electrons. The number of nitrogens with one attached hydrogen (secondary N) is 1. The molecule has 2 rings (SSSR count). The summed E-state index contributed by atoms with van der Waals surface area (Å²) in [6, 6.07) is 10.0. The molecule has 1 saturated heterocycles. The standard InChI is InChI=1S/C17H29N3/c1-14(2)18-12-15-8-5-6-10-17(15)20-11-7-9-16(20)13-19(3)4/h5-6,8,10,14,16,18H,7,9,11-13H2,1-4H3. The fourth-order valence-electron chi connectivity index (χ4n) is 3.02. The van der Waals surface area contributed by atoms with Gasteiger partial charge in [0.2, 0.25) is 0 Å². The van der Waals surface area contributed by atoms with E-state index in [-0.39, 0.29) is 0 Å². The van der Waals surface area contributed by atoms with Crippen molar-refractivity contribution in [3.63, 3.8) is 0 Å². The van der Waals surface area contributed by atoms with Gasteiger partial charge in [-0.25, -0.2) is 0 Å². The summed E-state index contributed by atoms with van der Waals surface area (Å²) < 4.78 is 0. The minimum atomic E-state index is 0.527. The molecule has 112 valence electrons. The fourth-order valence-corrected chi connectivity index (χ4v) is 3.02. The largest absolute Gasteiger partial charge is 0.367 e. The van der Waals surface area contributed by atoms with Crippen LogP contribution in [0.2, 0.25) is 0 Å². The van der Waals surface area contributed by atoms with Gasteiger partial charge >= 0.3 is 0 Å². The molecule has 0 aromatic heterocycles. The van der Waals surface area contributed by atoms with Crippen molar-refractivity contribution in [3.8, 4) is 0 Å². The Bertz CT molecular complexity index is 414. The fraction of sp³-hybridized carbons (Fsp3) is 0.647. The molecule has 3 heteroatoms. The molecule has 1 aromatic carbocycles. The van der Waals surface area contributed by atoms with E-state index < -0.39 is 0 Å². The van der Waals surface area contributed by atoms with Gasteiger partial charge in [-0.2, -0.15) is 0 Å². The summed E-state index contributed by atoms with van der Waals surface area (Å²) in [4.78, 5) is 4.91. The number of para-hydroxylation sites is 1. The van der Waals surface area contributed by atoms with Crippen LogP contribution in [0.25, 0.3) is 0 Å². The normalized spacial score (nSPS) is 19.3. The Hall–Kier alpha value is -1.06. The second kappa shape index (κ2) is 7.09. The van der Waals surface area contributed by atoms with Gasteiger partial charge in [0.05, 0.1) is 0 Å². The van der Waals surface area contributed by atoms with Gasteiger partial charge < -0.3 is 15.1 Å². The third-order valence-corrected chi connectivity index (χ3v) is 3.95. The van der Waals surface area contributed by atoms with Gasteiger partial charge in [-0.05, 0) is 38.6 Å². The number of likely N-dealkylation sites (N-methyl/N-ethyl adjacent to an activating group) is 1. The van der Waals surface area contributed by atoms with E-state index in [0.29, 0.717) is 12.1 Å². The van der Waals surface area contributed by atoms with Crippen molar-refractivity contribution in [2.45, 2.75) is 45.3 Å². The first-order valence-electron chi connectivity index (χ1n) is 7.80. The first-order valence-corrected chi connectivity index (χ1v) is 7.80. The van der Waals surface area contributed by atoms with Gasteiger partial charge in [-0.3, -0.25) is 0 Å². The van der Waals surface area contributed by atoms with Crippen LogP contribution in [0.3, 0.4) is 0 Å². The first kappa shape index (κ1) is 15.3. The molecule has 0 spiro atoms. The first-order chi connectivity index (χ1) is 9.58. The highest BCUT2D eigenvalue weighted by Gasteiger charge is 2.26. The third kappa shape index (κ3) is 3.97. The molecule has 3 nitrogen and oxygen atoms in total. The molecule has 1 heterocycles. The Morgan fingerprint density at radius 2 is 2.05 bits per heavy atom. The Kier molecular flexibility index (Phi) is 5.44. The highest BCUT2D eigenvalue weighted by molar-refractivity contribution is 5.55. The molecular formula is C17H29N3. The summed E-state index contributed by atoms with van der Waals surface area (Å²) in [6.45, 7) is 7.70. The minimum Gasteiger partial charge on any atom is -0.367 e. The lowest BCUT2D eigenvalue weighted by Crippen LogP contribution is -2.38. The second-order valence-corrected chi connectivity index (χ2v) is 6.42. The van der Waals surface area contributed by atoms with Crippen LogP contribution in [0, 0.1) is 0 Å². The molecular weight excluding hydrogens is 246 g/mol. The lowest BCUT2D eigenvalue weighted by molar-refractivity contribution is 0.372.